The van der Waals surface area contributed by atoms with Crippen molar-refractivity contribution < 1.29 is 9.90 Å². The topological polar surface area (TPSA) is 69.6 Å². The second-order valence-electron chi connectivity index (χ2n) is 9.07. The van der Waals surface area contributed by atoms with Crippen LogP contribution in [0.25, 0.3) is 21.5 Å². The number of benzene rings is 2. The first-order valence-corrected chi connectivity index (χ1v) is 12.6. The molecule has 1 fully saturated rings. The van der Waals surface area contributed by atoms with Crippen molar-refractivity contribution in [2.24, 2.45) is 0 Å². The van der Waals surface area contributed by atoms with Gasteiger partial charge >= 0.3 is 0 Å². The van der Waals surface area contributed by atoms with E-state index in [0.717, 1.165) is 34.9 Å². The molecule has 1 aliphatic heterocycles. The lowest BCUT2D eigenvalue weighted by Crippen LogP contribution is -2.49. The number of hydrogen-bond acceptors (Lipinski definition) is 6. The third-order valence-corrected chi connectivity index (χ3v) is 8.05. The van der Waals surface area contributed by atoms with Gasteiger partial charge in [0.2, 0.25) is 5.95 Å². The maximum Gasteiger partial charge on any atom is 0.257 e. The van der Waals surface area contributed by atoms with Gasteiger partial charge in [0, 0.05) is 42.0 Å². The number of phenols is 1. The molecule has 34 heavy (non-hydrogen) atoms. The van der Waals surface area contributed by atoms with Crippen molar-refractivity contribution in [3.63, 3.8) is 0 Å². The smallest absolute Gasteiger partial charge is 0.257 e. The number of carbonyl (C=O) groups is 1. The van der Waals surface area contributed by atoms with Crippen molar-refractivity contribution in [3.05, 3.63) is 70.1 Å². The minimum absolute atomic E-state index is 0.0252. The van der Waals surface area contributed by atoms with Gasteiger partial charge in [0.05, 0.1) is 11.3 Å². The van der Waals surface area contributed by atoms with E-state index in [0.29, 0.717) is 31.7 Å². The predicted molar refractivity (Wildman–Crippen MR) is 136 cm³/mol. The molecular formula is C27H26N4O2S. The molecule has 6 nitrogen and oxygen atoms in total. The van der Waals surface area contributed by atoms with E-state index in [1.807, 2.05) is 11.3 Å². The van der Waals surface area contributed by atoms with Gasteiger partial charge < -0.3 is 14.9 Å². The molecule has 6 rings (SSSR count). The highest BCUT2D eigenvalue weighted by Gasteiger charge is 2.28. The maximum atomic E-state index is 12.9. The fourth-order valence-electron chi connectivity index (χ4n) is 4.98. The number of amides is 1. The summed E-state index contributed by atoms with van der Waals surface area (Å²) in [5.41, 5.74) is 5.16. The number of aromatic nitrogens is 2. The summed E-state index contributed by atoms with van der Waals surface area (Å²) >= 11 is 1.81. The van der Waals surface area contributed by atoms with Gasteiger partial charge in [-0.3, -0.25) is 4.79 Å². The number of para-hydroxylation sites is 1. The molecule has 1 saturated heterocycles. The summed E-state index contributed by atoms with van der Waals surface area (Å²) in [5.74, 6) is 0.624. The summed E-state index contributed by atoms with van der Waals surface area (Å²) < 4.78 is 0. The van der Waals surface area contributed by atoms with Crippen molar-refractivity contribution in [1.29, 1.82) is 0 Å². The summed E-state index contributed by atoms with van der Waals surface area (Å²) in [4.78, 5) is 29.5. The molecule has 2 aliphatic rings. The Labute approximate surface area is 202 Å². The van der Waals surface area contributed by atoms with Crippen molar-refractivity contribution in [2.75, 3.05) is 31.1 Å². The van der Waals surface area contributed by atoms with E-state index in [-0.39, 0.29) is 11.7 Å². The number of carbonyl (C=O) groups excluding carboxylic acids is 1. The van der Waals surface area contributed by atoms with E-state index >= 15 is 0 Å². The van der Waals surface area contributed by atoms with Gasteiger partial charge in [-0.1, -0.05) is 42.0 Å². The van der Waals surface area contributed by atoms with Crippen LogP contribution in [0.4, 0.5) is 5.95 Å². The van der Waals surface area contributed by atoms with Crippen LogP contribution in [0.3, 0.4) is 0 Å². The largest absolute Gasteiger partial charge is 0.507 e. The van der Waals surface area contributed by atoms with Crippen molar-refractivity contribution in [1.82, 2.24) is 14.9 Å². The molecule has 1 N–H and O–H groups in total. The zero-order chi connectivity index (χ0) is 23.2. The maximum absolute atomic E-state index is 12.9. The number of rotatable bonds is 3. The fourth-order valence-corrected chi connectivity index (χ4v) is 6.24. The van der Waals surface area contributed by atoms with E-state index in [2.05, 4.69) is 36.1 Å². The van der Waals surface area contributed by atoms with E-state index in [4.69, 9.17) is 9.97 Å². The molecule has 0 bridgehead atoms. The van der Waals surface area contributed by atoms with Crippen LogP contribution in [0.2, 0.25) is 0 Å². The molecule has 1 aliphatic carbocycles. The first-order valence-electron chi connectivity index (χ1n) is 11.8. The second-order valence-corrected chi connectivity index (χ2v) is 10.2. The number of hydrogen-bond donors (Lipinski definition) is 1. The zero-order valence-corrected chi connectivity index (χ0v) is 19.9. The minimum atomic E-state index is -0.135. The van der Waals surface area contributed by atoms with Crippen molar-refractivity contribution >= 4 is 33.4 Å². The van der Waals surface area contributed by atoms with Crippen LogP contribution in [0, 0.1) is 6.92 Å². The standard InChI is InChI=1S/C27H26N4O2S/c1-17-9-11-18(12-10-17)24-23-20-6-4-8-22(20)34-25(23)29-27(28-24)31-15-13-30(14-16-31)26(33)19-5-2-3-7-21(19)32/h2-3,5,7,9-12,32H,4,6,8,13-16H2,1H3. The van der Waals surface area contributed by atoms with Crippen LogP contribution < -0.4 is 4.90 Å². The summed E-state index contributed by atoms with van der Waals surface area (Å²) in [6.07, 6.45) is 3.44. The number of phenolic OH excluding ortho intramolecular Hbond substituents is 1. The van der Waals surface area contributed by atoms with Gasteiger partial charge in [-0.15, -0.1) is 11.3 Å². The molecule has 0 radical (unpaired) electrons. The molecule has 2 aromatic carbocycles. The van der Waals surface area contributed by atoms with Crippen LogP contribution in [0.1, 0.15) is 32.8 Å². The van der Waals surface area contributed by atoms with Gasteiger partial charge in [-0.2, -0.15) is 0 Å². The summed E-state index contributed by atoms with van der Waals surface area (Å²) in [6.45, 7) is 4.54. The normalized spacial score (nSPS) is 15.7. The van der Waals surface area contributed by atoms with E-state index < -0.39 is 0 Å². The Balaban J connectivity index is 1.31. The van der Waals surface area contributed by atoms with Crippen LogP contribution in [0.5, 0.6) is 5.75 Å². The molecular weight excluding hydrogens is 444 g/mol. The Hall–Kier alpha value is -3.45. The monoisotopic (exact) mass is 470 g/mol. The quantitative estimate of drug-likeness (QED) is 0.465. The highest BCUT2D eigenvalue weighted by atomic mass is 32.1. The summed E-state index contributed by atoms with van der Waals surface area (Å²) in [6, 6.07) is 15.3. The first-order chi connectivity index (χ1) is 16.6. The van der Waals surface area contributed by atoms with Gasteiger partial charge in [0.25, 0.3) is 5.91 Å². The average molecular weight is 471 g/mol. The lowest BCUT2D eigenvalue weighted by atomic mass is 10.0. The van der Waals surface area contributed by atoms with Gasteiger partial charge in [0.1, 0.15) is 10.6 Å². The van der Waals surface area contributed by atoms with Crippen LogP contribution in [-0.2, 0) is 12.8 Å². The third-order valence-electron chi connectivity index (χ3n) is 6.86. The minimum Gasteiger partial charge on any atom is -0.507 e. The molecule has 172 valence electrons. The Kier molecular flexibility index (Phi) is 5.21. The third kappa shape index (κ3) is 3.60. The van der Waals surface area contributed by atoms with Crippen molar-refractivity contribution in [2.45, 2.75) is 26.2 Å². The number of nitrogens with zero attached hydrogens (tertiary/aromatic N) is 4. The second kappa shape index (κ2) is 8.40. The first kappa shape index (κ1) is 21.1. The molecule has 0 saturated carbocycles. The average Bonchev–Trinajstić information content (AvgIpc) is 3.45. The van der Waals surface area contributed by atoms with Crippen LogP contribution in [0.15, 0.2) is 48.5 Å². The number of anilines is 1. The predicted octanol–water partition coefficient (Wildman–Crippen LogP) is 4.82. The summed E-state index contributed by atoms with van der Waals surface area (Å²) in [5, 5.41) is 11.3. The lowest BCUT2D eigenvalue weighted by Gasteiger charge is -2.35. The molecule has 0 spiro atoms. The Morgan fingerprint density at radius 2 is 1.74 bits per heavy atom. The molecule has 0 atom stereocenters. The fraction of sp³-hybridized carbons (Fsp3) is 0.296. The highest BCUT2D eigenvalue weighted by molar-refractivity contribution is 7.19. The molecule has 7 heteroatoms. The Morgan fingerprint density at radius 1 is 0.971 bits per heavy atom. The molecule has 4 aromatic rings. The van der Waals surface area contributed by atoms with E-state index in [1.165, 1.54) is 27.8 Å². The number of aryl methyl sites for hydroxylation is 3. The Morgan fingerprint density at radius 3 is 2.50 bits per heavy atom. The molecule has 3 heterocycles. The number of thiophene rings is 1. The molecule has 1 amide bonds. The molecule has 0 unspecified atom stereocenters. The van der Waals surface area contributed by atoms with Gasteiger partial charge in [-0.25, -0.2) is 9.97 Å². The van der Waals surface area contributed by atoms with Gasteiger partial charge in [0.15, 0.2) is 0 Å². The summed E-state index contributed by atoms with van der Waals surface area (Å²) in [7, 11) is 0. The van der Waals surface area contributed by atoms with Crippen molar-refractivity contribution in [3.8, 4) is 17.0 Å². The highest BCUT2D eigenvalue weighted by Crippen LogP contribution is 2.41. The Bertz CT molecular complexity index is 1390. The SMILES string of the molecule is Cc1ccc(-c2nc(N3CCN(C(=O)c4ccccc4O)CC3)nc3sc4c(c23)CCC4)cc1. The number of aromatic hydroxyl groups is 1. The van der Waals surface area contributed by atoms with Crippen LogP contribution in [-0.4, -0.2) is 52.1 Å². The zero-order valence-electron chi connectivity index (χ0n) is 19.1. The lowest BCUT2D eigenvalue weighted by molar-refractivity contribution is 0.0743. The van der Waals surface area contributed by atoms with Gasteiger partial charge in [-0.05, 0) is 43.9 Å². The number of fused-ring (bicyclic) bond motifs is 3. The van der Waals surface area contributed by atoms with E-state index in [1.54, 1.807) is 29.2 Å². The molecule has 2 aromatic heterocycles. The van der Waals surface area contributed by atoms with E-state index in [9.17, 15) is 9.90 Å². The van der Waals surface area contributed by atoms with Crippen LogP contribution >= 0.6 is 11.3 Å². The number of piperazine rings is 1.